The maximum Gasteiger partial charge on any atom is 0.156 e. The summed E-state index contributed by atoms with van der Waals surface area (Å²) < 4.78 is 7.01. The highest BCUT2D eigenvalue weighted by Gasteiger charge is 2.26. The predicted octanol–water partition coefficient (Wildman–Crippen LogP) is 4.23. The molecule has 0 aliphatic heterocycles. The van der Waals surface area contributed by atoms with Crippen LogP contribution in [0, 0.1) is 11.8 Å². The largest absolute Gasteiger partial charge is 0.487 e. The highest BCUT2D eigenvalue weighted by atomic mass is 79.9. The molecule has 3 unspecified atom stereocenters. The fourth-order valence-electron chi connectivity index (χ4n) is 2.42. The third-order valence-corrected chi connectivity index (χ3v) is 4.46. The molecule has 1 aliphatic rings. The standard InChI is InChI=1S/C14H20BrNO/c1-9-6-7-11(8-10(9)2)17-14-12(15)4-3-5-13(14)16/h3-5,9-11H,6-8,16H2,1-2H3. The molecule has 2 N–H and O–H groups in total. The first-order valence-electron chi connectivity index (χ1n) is 6.28. The second kappa shape index (κ2) is 5.30. The molecule has 17 heavy (non-hydrogen) atoms. The fourth-order valence-corrected chi connectivity index (χ4v) is 2.90. The highest BCUT2D eigenvalue weighted by molar-refractivity contribution is 9.10. The van der Waals surface area contributed by atoms with E-state index in [0.29, 0.717) is 11.8 Å². The van der Waals surface area contributed by atoms with Crippen LogP contribution < -0.4 is 10.5 Å². The van der Waals surface area contributed by atoms with Gasteiger partial charge in [0.1, 0.15) is 0 Å². The summed E-state index contributed by atoms with van der Waals surface area (Å²) in [4.78, 5) is 0. The fraction of sp³-hybridized carbons (Fsp3) is 0.571. The van der Waals surface area contributed by atoms with E-state index in [4.69, 9.17) is 10.5 Å². The van der Waals surface area contributed by atoms with Crippen LogP contribution in [0.1, 0.15) is 33.1 Å². The summed E-state index contributed by atoms with van der Waals surface area (Å²) in [7, 11) is 0. The van der Waals surface area contributed by atoms with Gasteiger partial charge in [-0.25, -0.2) is 0 Å². The number of nitrogen functional groups attached to an aromatic ring is 1. The molecule has 0 saturated heterocycles. The third-order valence-electron chi connectivity index (χ3n) is 3.83. The van der Waals surface area contributed by atoms with Crippen molar-refractivity contribution >= 4 is 21.6 Å². The lowest BCUT2D eigenvalue weighted by molar-refractivity contribution is 0.101. The van der Waals surface area contributed by atoms with Crippen LogP contribution in [0.25, 0.3) is 0 Å². The SMILES string of the molecule is CC1CCC(Oc2c(N)cccc2Br)CC1C. The van der Waals surface area contributed by atoms with E-state index in [1.165, 1.54) is 6.42 Å². The van der Waals surface area contributed by atoms with E-state index < -0.39 is 0 Å². The number of halogens is 1. The number of hydrogen-bond donors (Lipinski definition) is 1. The van der Waals surface area contributed by atoms with E-state index in [0.717, 1.165) is 34.9 Å². The summed E-state index contributed by atoms with van der Waals surface area (Å²) >= 11 is 3.50. The second-order valence-electron chi connectivity index (χ2n) is 5.17. The van der Waals surface area contributed by atoms with Crippen LogP contribution in [0.2, 0.25) is 0 Å². The van der Waals surface area contributed by atoms with Gasteiger partial charge in [0.25, 0.3) is 0 Å². The lowest BCUT2D eigenvalue weighted by atomic mass is 9.80. The first kappa shape index (κ1) is 12.7. The minimum absolute atomic E-state index is 0.308. The Balaban J connectivity index is 2.06. The van der Waals surface area contributed by atoms with E-state index in [9.17, 15) is 0 Å². The summed E-state index contributed by atoms with van der Waals surface area (Å²) in [5.74, 6) is 2.35. The number of rotatable bonds is 2. The molecular weight excluding hydrogens is 278 g/mol. The minimum atomic E-state index is 0.308. The van der Waals surface area contributed by atoms with E-state index >= 15 is 0 Å². The highest BCUT2D eigenvalue weighted by Crippen LogP contribution is 2.36. The van der Waals surface area contributed by atoms with Gasteiger partial charge in [-0.2, -0.15) is 0 Å². The summed E-state index contributed by atoms with van der Waals surface area (Å²) in [5.41, 5.74) is 6.66. The number of para-hydroxylation sites is 1. The van der Waals surface area contributed by atoms with Gasteiger partial charge >= 0.3 is 0 Å². The minimum Gasteiger partial charge on any atom is -0.487 e. The van der Waals surface area contributed by atoms with Gasteiger partial charge in [0.15, 0.2) is 5.75 Å². The topological polar surface area (TPSA) is 35.2 Å². The van der Waals surface area contributed by atoms with Crippen LogP contribution in [0.5, 0.6) is 5.75 Å². The zero-order valence-corrected chi connectivity index (χ0v) is 12.0. The lowest BCUT2D eigenvalue weighted by Crippen LogP contribution is -2.29. The molecular formula is C14H20BrNO. The second-order valence-corrected chi connectivity index (χ2v) is 6.02. The van der Waals surface area contributed by atoms with Crippen molar-refractivity contribution in [3.05, 3.63) is 22.7 Å². The Bertz CT molecular complexity index is 374. The quantitative estimate of drug-likeness (QED) is 0.829. The van der Waals surface area contributed by atoms with Crippen LogP contribution in [0.3, 0.4) is 0 Å². The van der Waals surface area contributed by atoms with Gasteiger partial charge in [-0.05, 0) is 59.2 Å². The monoisotopic (exact) mass is 297 g/mol. The van der Waals surface area contributed by atoms with Crippen molar-refractivity contribution in [2.75, 3.05) is 5.73 Å². The van der Waals surface area contributed by atoms with Crippen LogP contribution in [0.4, 0.5) is 5.69 Å². The summed E-state index contributed by atoms with van der Waals surface area (Å²) in [6, 6.07) is 5.79. The first-order chi connectivity index (χ1) is 8.08. The lowest BCUT2D eigenvalue weighted by Gasteiger charge is -2.32. The molecule has 1 saturated carbocycles. The molecule has 1 fully saturated rings. The van der Waals surface area contributed by atoms with Gasteiger partial charge in [0.05, 0.1) is 16.3 Å². The predicted molar refractivity (Wildman–Crippen MR) is 75.1 cm³/mol. The molecule has 1 aliphatic carbocycles. The van der Waals surface area contributed by atoms with Crippen molar-refractivity contribution < 1.29 is 4.74 Å². The molecule has 0 spiro atoms. The van der Waals surface area contributed by atoms with Gasteiger partial charge in [0, 0.05) is 0 Å². The van der Waals surface area contributed by atoms with Crippen molar-refractivity contribution in [2.45, 2.75) is 39.2 Å². The number of nitrogens with two attached hydrogens (primary N) is 1. The van der Waals surface area contributed by atoms with Crippen molar-refractivity contribution in [3.8, 4) is 5.75 Å². The van der Waals surface area contributed by atoms with Gasteiger partial charge in [-0.15, -0.1) is 0 Å². The smallest absolute Gasteiger partial charge is 0.156 e. The Labute approximate surface area is 112 Å². The Morgan fingerprint density at radius 3 is 2.65 bits per heavy atom. The van der Waals surface area contributed by atoms with Crippen molar-refractivity contribution in [3.63, 3.8) is 0 Å². The molecule has 0 bridgehead atoms. The maximum absolute atomic E-state index is 6.06. The Morgan fingerprint density at radius 1 is 1.24 bits per heavy atom. The number of ether oxygens (including phenoxy) is 1. The molecule has 0 heterocycles. The van der Waals surface area contributed by atoms with Gasteiger partial charge in [-0.1, -0.05) is 19.9 Å². The zero-order valence-electron chi connectivity index (χ0n) is 10.4. The van der Waals surface area contributed by atoms with Crippen LogP contribution in [0.15, 0.2) is 22.7 Å². The summed E-state index contributed by atoms with van der Waals surface area (Å²) in [5, 5.41) is 0. The Morgan fingerprint density at radius 2 is 2.00 bits per heavy atom. The van der Waals surface area contributed by atoms with Crippen LogP contribution >= 0.6 is 15.9 Å². The average Bonchev–Trinajstić information content (AvgIpc) is 2.28. The molecule has 1 aromatic rings. The zero-order chi connectivity index (χ0) is 12.4. The molecule has 3 atom stereocenters. The van der Waals surface area contributed by atoms with Gasteiger partial charge < -0.3 is 10.5 Å². The van der Waals surface area contributed by atoms with E-state index in [2.05, 4.69) is 29.8 Å². The first-order valence-corrected chi connectivity index (χ1v) is 7.08. The van der Waals surface area contributed by atoms with Crippen LogP contribution in [-0.2, 0) is 0 Å². The number of benzene rings is 1. The Hall–Kier alpha value is -0.700. The van der Waals surface area contributed by atoms with E-state index in [1.54, 1.807) is 0 Å². The van der Waals surface area contributed by atoms with Crippen molar-refractivity contribution in [1.82, 2.24) is 0 Å². The Kier molecular flexibility index (Phi) is 3.97. The van der Waals surface area contributed by atoms with Crippen LogP contribution in [-0.4, -0.2) is 6.10 Å². The van der Waals surface area contributed by atoms with Crippen molar-refractivity contribution in [2.24, 2.45) is 11.8 Å². The normalized spacial score (nSPS) is 29.0. The molecule has 0 radical (unpaired) electrons. The number of hydrogen-bond acceptors (Lipinski definition) is 2. The molecule has 3 heteroatoms. The molecule has 0 aromatic heterocycles. The molecule has 94 valence electrons. The molecule has 2 rings (SSSR count). The van der Waals surface area contributed by atoms with E-state index in [1.807, 2.05) is 18.2 Å². The van der Waals surface area contributed by atoms with Gasteiger partial charge in [0.2, 0.25) is 0 Å². The summed E-state index contributed by atoms with van der Waals surface area (Å²) in [6.45, 7) is 4.64. The summed E-state index contributed by atoms with van der Waals surface area (Å²) in [6.07, 6.45) is 3.81. The van der Waals surface area contributed by atoms with Gasteiger partial charge in [-0.3, -0.25) is 0 Å². The molecule has 0 amide bonds. The third kappa shape index (κ3) is 2.95. The average molecular weight is 298 g/mol. The molecule has 1 aromatic carbocycles. The van der Waals surface area contributed by atoms with E-state index in [-0.39, 0.29) is 0 Å². The molecule has 2 nitrogen and oxygen atoms in total. The van der Waals surface area contributed by atoms with Crippen molar-refractivity contribution in [1.29, 1.82) is 0 Å². The number of anilines is 1. The maximum atomic E-state index is 6.06.